The van der Waals surface area contributed by atoms with Gasteiger partial charge < -0.3 is 15.0 Å². The summed E-state index contributed by atoms with van der Waals surface area (Å²) in [5.41, 5.74) is 2.12. The minimum absolute atomic E-state index is 0.0810. The number of pyridine rings is 1. The van der Waals surface area contributed by atoms with Gasteiger partial charge in [0.2, 0.25) is 5.91 Å². The maximum Gasteiger partial charge on any atom is 0.254 e. The van der Waals surface area contributed by atoms with Crippen molar-refractivity contribution in [1.29, 1.82) is 0 Å². The predicted molar refractivity (Wildman–Crippen MR) is 112 cm³/mol. The van der Waals surface area contributed by atoms with E-state index in [1.54, 1.807) is 17.3 Å². The van der Waals surface area contributed by atoms with Gasteiger partial charge in [0.25, 0.3) is 5.91 Å². The molecule has 1 aromatic carbocycles. The number of aromatic nitrogens is 1. The van der Waals surface area contributed by atoms with Gasteiger partial charge in [-0.3, -0.25) is 14.6 Å². The molecule has 0 bridgehead atoms. The van der Waals surface area contributed by atoms with E-state index in [1.807, 2.05) is 50.2 Å². The highest BCUT2D eigenvalue weighted by atomic mass is 16.5. The second-order valence-electron chi connectivity index (χ2n) is 7.38. The molecular weight excluding hydrogens is 366 g/mol. The summed E-state index contributed by atoms with van der Waals surface area (Å²) in [5, 5.41) is 2.90. The average molecular weight is 396 g/mol. The molecule has 6 heteroatoms. The Kier molecular flexibility index (Phi) is 6.99. The van der Waals surface area contributed by atoms with Crippen molar-refractivity contribution in [3.8, 4) is 11.1 Å². The number of rotatable bonds is 7. The lowest BCUT2D eigenvalue weighted by atomic mass is 9.90. The van der Waals surface area contributed by atoms with Gasteiger partial charge in [-0.2, -0.15) is 0 Å². The summed E-state index contributed by atoms with van der Waals surface area (Å²) < 4.78 is 6.04. The minimum atomic E-state index is -1.06. The molecule has 1 N–H and O–H groups in total. The normalized spacial score (nSPS) is 19.0. The fourth-order valence-corrected chi connectivity index (χ4v) is 3.70. The molecule has 1 aliphatic rings. The molecule has 1 aromatic heterocycles. The summed E-state index contributed by atoms with van der Waals surface area (Å²) in [6.45, 7) is 5.57. The second-order valence-corrected chi connectivity index (χ2v) is 7.38. The van der Waals surface area contributed by atoms with Crippen LogP contribution in [-0.4, -0.2) is 53.5 Å². The molecule has 2 amide bonds. The second kappa shape index (κ2) is 9.65. The molecule has 2 aromatic rings. The molecule has 29 heavy (non-hydrogen) atoms. The van der Waals surface area contributed by atoms with Crippen molar-refractivity contribution in [3.63, 3.8) is 0 Å². The van der Waals surface area contributed by atoms with Gasteiger partial charge in [0, 0.05) is 38.3 Å². The number of carbonyl (C=O) groups excluding carboxylic acids is 2. The van der Waals surface area contributed by atoms with Gasteiger partial charge in [-0.1, -0.05) is 31.2 Å². The maximum atomic E-state index is 13.0. The zero-order chi connectivity index (χ0) is 20.7. The van der Waals surface area contributed by atoms with Gasteiger partial charge in [-0.05, 0) is 42.2 Å². The number of amides is 2. The number of ether oxygens (including phenoxy) is 1. The van der Waals surface area contributed by atoms with E-state index in [2.05, 4.69) is 10.3 Å². The van der Waals surface area contributed by atoms with Crippen molar-refractivity contribution >= 4 is 11.8 Å². The Morgan fingerprint density at radius 3 is 2.45 bits per heavy atom. The van der Waals surface area contributed by atoms with Crippen molar-refractivity contribution in [2.75, 3.05) is 26.2 Å². The number of hydrogen-bond acceptors (Lipinski definition) is 4. The lowest BCUT2D eigenvalue weighted by Gasteiger charge is -2.41. The van der Waals surface area contributed by atoms with E-state index >= 15 is 0 Å². The van der Waals surface area contributed by atoms with Crippen LogP contribution in [0.2, 0.25) is 0 Å². The number of nitrogens with one attached hydrogen (secondary N) is 1. The molecule has 0 unspecified atom stereocenters. The smallest absolute Gasteiger partial charge is 0.254 e. The minimum Gasteiger partial charge on any atom is -0.361 e. The summed E-state index contributed by atoms with van der Waals surface area (Å²) in [7, 11) is 0. The Morgan fingerprint density at radius 2 is 1.79 bits per heavy atom. The SMILES string of the molecule is CCCC(=O)N1CCO[C@@](Cc2ccc(-c3ccncc3)cc2)(C(=O)NCC)C1. The Labute approximate surface area is 172 Å². The number of nitrogens with zero attached hydrogens (tertiary/aromatic N) is 2. The predicted octanol–water partition coefficient (Wildman–Crippen LogP) is 2.82. The van der Waals surface area contributed by atoms with Crippen LogP contribution in [-0.2, 0) is 20.7 Å². The molecule has 154 valence electrons. The van der Waals surface area contributed by atoms with E-state index in [4.69, 9.17) is 4.74 Å². The van der Waals surface area contributed by atoms with Crippen LogP contribution in [0.25, 0.3) is 11.1 Å². The van der Waals surface area contributed by atoms with Crippen LogP contribution < -0.4 is 5.32 Å². The third-order valence-corrected chi connectivity index (χ3v) is 5.21. The van der Waals surface area contributed by atoms with Crippen LogP contribution in [0.5, 0.6) is 0 Å². The number of hydrogen-bond donors (Lipinski definition) is 1. The van der Waals surface area contributed by atoms with E-state index in [0.717, 1.165) is 23.1 Å². The first kappa shape index (κ1) is 21.0. The zero-order valence-corrected chi connectivity index (χ0v) is 17.2. The lowest BCUT2D eigenvalue weighted by molar-refractivity contribution is -0.166. The quantitative estimate of drug-likeness (QED) is 0.783. The first-order valence-electron chi connectivity index (χ1n) is 10.3. The van der Waals surface area contributed by atoms with Crippen molar-refractivity contribution in [3.05, 3.63) is 54.4 Å². The standard InChI is InChI=1S/C23H29N3O3/c1-3-5-21(27)26-14-15-29-23(17-26,22(28)25-4-2)16-18-6-8-19(9-7-18)20-10-12-24-13-11-20/h6-13H,3-5,14-17H2,1-2H3,(H,25,28)/t23-/m1/s1. The molecular formula is C23H29N3O3. The highest BCUT2D eigenvalue weighted by Crippen LogP contribution is 2.26. The van der Waals surface area contributed by atoms with Gasteiger partial charge >= 0.3 is 0 Å². The Balaban J connectivity index is 1.82. The molecule has 0 radical (unpaired) electrons. The topological polar surface area (TPSA) is 71.5 Å². The number of carbonyl (C=O) groups is 2. The van der Waals surface area contributed by atoms with E-state index < -0.39 is 5.60 Å². The van der Waals surface area contributed by atoms with Gasteiger partial charge in [-0.15, -0.1) is 0 Å². The van der Waals surface area contributed by atoms with Gasteiger partial charge in [0.15, 0.2) is 5.60 Å². The number of morpholine rings is 1. The summed E-state index contributed by atoms with van der Waals surface area (Å²) >= 11 is 0. The first-order valence-corrected chi connectivity index (χ1v) is 10.3. The maximum absolute atomic E-state index is 13.0. The number of benzene rings is 1. The van der Waals surface area contributed by atoms with Gasteiger partial charge in [0.1, 0.15) is 0 Å². The fourth-order valence-electron chi connectivity index (χ4n) is 3.70. The van der Waals surface area contributed by atoms with Crippen LogP contribution in [0, 0.1) is 0 Å². The van der Waals surface area contributed by atoms with Gasteiger partial charge in [0.05, 0.1) is 13.2 Å². The van der Waals surface area contributed by atoms with Crippen LogP contribution in [0.4, 0.5) is 0 Å². The molecule has 3 rings (SSSR count). The van der Waals surface area contributed by atoms with Crippen molar-refractivity contribution < 1.29 is 14.3 Å². The molecule has 2 heterocycles. The number of likely N-dealkylation sites (N-methyl/N-ethyl adjacent to an activating group) is 1. The van der Waals surface area contributed by atoms with E-state index in [9.17, 15) is 9.59 Å². The Hall–Kier alpha value is -2.73. The van der Waals surface area contributed by atoms with Crippen LogP contribution in [0.3, 0.4) is 0 Å². The molecule has 1 aliphatic heterocycles. The third-order valence-electron chi connectivity index (χ3n) is 5.21. The lowest BCUT2D eigenvalue weighted by Crippen LogP contribution is -2.62. The van der Waals surface area contributed by atoms with Crippen molar-refractivity contribution in [1.82, 2.24) is 15.2 Å². The molecule has 0 saturated carbocycles. The van der Waals surface area contributed by atoms with E-state index in [0.29, 0.717) is 32.5 Å². The van der Waals surface area contributed by atoms with Crippen LogP contribution in [0.1, 0.15) is 32.3 Å². The Morgan fingerprint density at radius 1 is 1.10 bits per heavy atom. The van der Waals surface area contributed by atoms with Crippen LogP contribution >= 0.6 is 0 Å². The average Bonchev–Trinajstić information content (AvgIpc) is 2.75. The molecule has 0 aliphatic carbocycles. The summed E-state index contributed by atoms with van der Waals surface area (Å²) in [6, 6.07) is 12.1. The monoisotopic (exact) mass is 395 g/mol. The van der Waals surface area contributed by atoms with Gasteiger partial charge in [-0.25, -0.2) is 0 Å². The fraction of sp³-hybridized carbons (Fsp3) is 0.435. The largest absolute Gasteiger partial charge is 0.361 e. The molecule has 1 fully saturated rings. The van der Waals surface area contributed by atoms with E-state index in [1.165, 1.54) is 0 Å². The Bertz CT molecular complexity index is 823. The van der Waals surface area contributed by atoms with Crippen molar-refractivity contribution in [2.24, 2.45) is 0 Å². The first-order chi connectivity index (χ1) is 14.1. The highest BCUT2D eigenvalue weighted by molar-refractivity contribution is 5.87. The van der Waals surface area contributed by atoms with Crippen LogP contribution in [0.15, 0.2) is 48.8 Å². The molecule has 1 atom stereocenters. The van der Waals surface area contributed by atoms with Crippen molar-refractivity contribution in [2.45, 2.75) is 38.7 Å². The van der Waals surface area contributed by atoms with E-state index in [-0.39, 0.29) is 18.4 Å². The summed E-state index contributed by atoms with van der Waals surface area (Å²) in [5.74, 6) is -0.0790. The highest BCUT2D eigenvalue weighted by Gasteiger charge is 2.44. The molecule has 1 saturated heterocycles. The molecule has 6 nitrogen and oxygen atoms in total. The summed E-state index contributed by atoms with van der Waals surface area (Å²) in [6.07, 6.45) is 5.24. The molecule has 0 spiro atoms. The summed E-state index contributed by atoms with van der Waals surface area (Å²) in [4.78, 5) is 31.2. The zero-order valence-electron chi connectivity index (χ0n) is 17.2. The third kappa shape index (κ3) is 5.01.